The minimum absolute atomic E-state index is 0.294. The van der Waals surface area contributed by atoms with Crippen LogP contribution in [0.2, 0.25) is 0 Å². The van der Waals surface area contributed by atoms with Crippen LogP contribution in [0.15, 0.2) is 36.4 Å². The van der Waals surface area contributed by atoms with Crippen molar-refractivity contribution in [2.45, 2.75) is 12.5 Å². The fourth-order valence-corrected chi connectivity index (χ4v) is 2.36. The largest absolute Gasteiger partial charge is 0.496 e. The Morgan fingerprint density at radius 3 is 1.86 bits per heavy atom. The van der Waals surface area contributed by atoms with Crippen molar-refractivity contribution in [1.29, 1.82) is 0 Å². The molecule has 21 heavy (non-hydrogen) atoms. The van der Waals surface area contributed by atoms with Gasteiger partial charge in [0.25, 0.3) is 0 Å². The summed E-state index contributed by atoms with van der Waals surface area (Å²) in [7, 11) is 3.00. The highest BCUT2D eigenvalue weighted by Gasteiger charge is 2.31. The Hall–Kier alpha value is -2.14. The molecule has 0 saturated heterocycles. The lowest BCUT2D eigenvalue weighted by atomic mass is 9.84. The zero-order valence-corrected chi connectivity index (χ0v) is 12.1. The van der Waals surface area contributed by atoms with Gasteiger partial charge in [-0.25, -0.2) is 8.78 Å². The molecule has 0 aromatic heterocycles. The first-order valence-electron chi connectivity index (χ1n) is 6.37. The number of hydrogen-bond acceptors (Lipinski definition) is 3. The Morgan fingerprint density at radius 2 is 1.43 bits per heavy atom. The van der Waals surface area contributed by atoms with Gasteiger partial charge in [0.2, 0.25) is 0 Å². The van der Waals surface area contributed by atoms with Gasteiger partial charge in [0.1, 0.15) is 23.1 Å². The molecule has 0 aliphatic carbocycles. The predicted molar refractivity (Wildman–Crippen MR) is 76.5 cm³/mol. The summed E-state index contributed by atoms with van der Waals surface area (Å²) in [6, 6.07) is 8.41. The van der Waals surface area contributed by atoms with Gasteiger partial charge in [-0.1, -0.05) is 6.07 Å². The summed E-state index contributed by atoms with van der Waals surface area (Å²) < 4.78 is 37.6. The highest BCUT2D eigenvalue weighted by molar-refractivity contribution is 5.53. The highest BCUT2D eigenvalue weighted by Crippen LogP contribution is 2.40. The summed E-state index contributed by atoms with van der Waals surface area (Å²) in [6.07, 6.45) is 0. The molecular weight excluding hydrogens is 276 g/mol. The van der Waals surface area contributed by atoms with Gasteiger partial charge in [0, 0.05) is 6.07 Å². The van der Waals surface area contributed by atoms with Crippen molar-refractivity contribution in [1.82, 2.24) is 0 Å². The molecule has 0 aliphatic rings. The Kier molecular flexibility index (Phi) is 4.14. The van der Waals surface area contributed by atoms with Crippen molar-refractivity contribution < 1.29 is 18.3 Å². The smallest absolute Gasteiger partial charge is 0.127 e. The van der Waals surface area contributed by atoms with Gasteiger partial charge < -0.3 is 15.2 Å². The van der Waals surface area contributed by atoms with Gasteiger partial charge in [0.05, 0.1) is 25.3 Å². The highest BCUT2D eigenvalue weighted by atomic mass is 19.1. The normalized spacial score (nSPS) is 13.6. The third-order valence-electron chi connectivity index (χ3n) is 3.41. The SMILES string of the molecule is COc1cccc(OC)c1C(C)(N)c1cc(F)cc(F)c1. The Morgan fingerprint density at radius 1 is 0.952 bits per heavy atom. The van der Waals surface area contributed by atoms with Crippen molar-refractivity contribution in [2.75, 3.05) is 14.2 Å². The molecule has 0 radical (unpaired) electrons. The second-order valence-corrected chi connectivity index (χ2v) is 4.90. The van der Waals surface area contributed by atoms with Crippen LogP contribution in [0.4, 0.5) is 8.78 Å². The summed E-state index contributed by atoms with van der Waals surface area (Å²) in [5.74, 6) is -0.390. The lowest BCUT2D eigenvalue weighted by molar-refractivity contribution is 0.368. The molecule has 2 rings (SSSR count). The van der Waals surface area contributed by atoms with E-state index in [1.54, 1.807) is 25.1 Å². The van der Waals surface area contributed by atoms with E-state index in [-0.39, 0.29) is 0 Å². The number of benzene rings is 2. The molecule has 2 aromatic rings. The van der Waals surface area contributed by atoms with Crippen LogP contribution in [0.5, 0.6) is 11.5 Å². The summed E-state index contributed by atoms with van der Waals surface area (Å²) in [5.41, 5.74) is 6.00. The maximum Gasteiger partial charge on any atom is 0.127 e. The van der Waals surface area contributed by atoms with E-state index in [1.807, 2.05) is 0 Å². The Labute approximate surface area is 122 Å². The fraction of sp³-hybridized carbons (Fsp3) is 0.250. The minimum Gasteiger partial charge on any atom is -0.496 e. The Balaban J connectivity index is 2.68. The maximum atomic E-state index is 13.5. The molecule has 5 heteroatoms. The zero-order chi connectivity index (χ0) is 15.6. The predicted octanol–water partition coefficient (Wildman–Crippen LogP) is 3.20. The number of ether oxygens (including phenoxy) is 2. The molecule has 3 nitrogen and oxygen atoms in total. The molecular formula is C16H17F2NO2. The molecule has 0 spiro atoms. The van der Waals surface area contributed by atoms with Gasteiger partial charge in [-0.3, -0.25) is 0 Å². The minimum atomic E-state index is -1.18. The van der Waals surface area contributed by atoms with Crippen molar-refractivity contribution in [3.63, 3.8) is 0 Å². The second kappa shape index (κ2) is 5.69. The molecule has 2 aromatic carbocycles. The van der Waals surface area contributed by atoms with E-state index >= 15 is 0 Å². The first-order chi connectivity index (χ1) is 9.90. The van der Waals surface area contributed by atoms with Crippen molar-refractivity contribution >= 4 is 0 Å². The summed E-state index contributed by atoms with van der Waals surface area (Å²) in [4.78, 5) is 0. The van der Waals surface area contributed by atoms with E-state index in [1.165, 1.54) is 26.4 Å². The summed E-state index contributed by atoms with van der Waals surface area (Å²) in [6.45, 7) is 1.65. The lowest BCUT2D eigenvalue weighted by Crippen LogP contribution is -2.35. The van der Waals surface area contributed by atoms with Crippen LogP contribution in [0.1, 0.15) is 18.1 Å². The van der Waals surface area contributed by atoms with Crippen molar-refractivity contribution in [3.05, 3.63) is 59.2 Å². The average molecular weight is 293 g/mol. The summed E-state index contributed by atoms with van der Waals surface area (Å²) >= 11 is 0. The number of nitrogens with two attached hydrogens (primary N) is 1. The first kappa shape index (κ1) is 15.3. The molecule has 112 valence electrons. The third-order valence-corrected chi connectivity index (χ3v) is 3.41. The van der Waals surface area contributed by atoms with Crippen LogP contribution in [0.25, 0.3) is 0 Å². The number of methoxy groups -OCH3 is 2. The molecule has 0 heterocycles. The van der Waals surface area contributed by atoms with Gasteiger partial charge in [0.15, 0.2) is 0 Å². The maximum absolute atomic E-state index is 13.5. The fourth-order valence-electron chi connectivity index (χ4n) is 2.36. The summed E-state index contributed by atoms with van der Waals surface area (Å²) in [5, 5.41) is 0. The van der Waals surface area contributed by atoms with Crippen LogP contribution in [0.3, 0.4) is 0 Å². The number of halogens is 2. The second-order valence-electron chi connectivity index (χ2n) is 4.90. The van der Waals surface area contributed by atoms with Crippen molar-refractivity contribution in [3.8, 4) is 11.5 Å². The average Bonchev–Trinajstić information content (AvgIpc) is 2.45. The van der Waals surface area contributed by atoms with Gasteiger partial charge in [-0.2, -0.15) is 0 Å². The topological polar surface area (TPSA) is 44.5 Å². The van der Waals surface area contributed by atoms with E-state index in [2.05, 4.69) is 0 Å². The molecule has 2 N–H and O–H groups in total. The van der Waals surface area contributed by atoms with Crippen LogP contribution < -0.4 is 15.2 Å². The van der Waals surface area contributed by atoms with E-state index in [9.17, 15) is 8.78 Å². The third kappa shape index (κ3) is 2.83. The molecule has 1 atom stereocenters. The van der Waals surface area contributed by atoms with Crippen LogP contribution in [0, 0.1) is 11.6 Å². The zero-order valence-electron chi connectivity index (χ0n) is 12.1. The lowest BCUT2D eigenvalue weighted by Gasteiger charge is -2.29. The van der Waals surface area contributed by atoms with E-state index in [0.29, 0.717) is 22.6 Å². The van der Waals surface area contributed by atoms with E-state index in [4.69, 9.17) is 15.2 Å². The van der Waals surface area contributed by atoms with Gasteiger partial charge >= 0.3 is 0 Å². The van der Waals surface area contributed by atoms with Gasteiger partial charge in [-0.05, 0) is 36.8 Å². The quantitative estimate of drug-likeness (QED) is 0.941. The molecule has 0 fully saturated rings. The first-order valence-corrected chi connectivity index (χ1v) is 6.37. The molecule has 0 bridgehead atoms. The monoisotopic (exact) mass is 293 g/mol. The van der Waals surface area contributed by atoms with Crippen LogP contribution >= 0.6 is 0 Å². The van der Waals surface area contributed by atoms with Gasteiger partial charge in [-0.15, -0.1) is 0 Å². The van der Waals surface area contributed by atoms with Crippen LogP contribution in [-0.4, -0.2) is 14.2 Å². The standard InChI is InChI=1S/C16H17F2NO2/c1-16(19,10-7-11(17)9-12(18)8-10)15-13(20-2)5-4-6-14(15)21-3/h4-9H,19H2,1-3H3. The molecule has 0 saturated carbocycles. The molecule has 0 amide bonds. The molecule has 1 unspecified atom stereocenters. The number of hydrogen-bond donors (Lipinski definition) is 1. The van der Waals surface area contributed by atoms with Crippen molar-refractivity contribution in [2.24, 2.45) is 5.73 Å². The van der Waals surface area contributed by atoms with Crippen LogP contribution in [-0.2, 0) is 5.54 Å². The number of rotatable bonds is 4. The Bertz CT molecular complexity index is 614. The molecule has 0 aliphatic heterocycles. The van der Waals surface area contributed by atoms with E-state index in [0.717, 1.165) is 6.07 Å². The van der Waals surface area contributed by atoms with E-state index < -0.39 is 17.2 Å².